The molecule has 0 heteroatoms. The smallest absolute Gasteiger partial charge is 0.0319 e. The molecule has 0 aromatic heterocycles. The van der Waals surface area contributed by atoms with E-state index in [0.717, 1.165) is 6.42 Å². The molecule has 65 valence electrons. The maximum absolute atomic E-state index is 2.38. The van der Waals surface area contributed by atoms with Gasteiger partial charge in [-0.15, -0.1) is 0 Å². The van der Waals surface area contributed by atoms with Crippen molar-refractivity contribution >= 4 is 0 Å². The lowest BCUT2D eigenvalue weighted by Crippen LogP contribution is -1.76. The van der Waals surface area contributed by atoms with Gasteiger partial charge < -0.3 is 0 Å². The molecule has 1 radical (unpaired) electrons. The van der Waals surface area contributed by atoms with Crippen molar-refractivity contribution in [3.05, 3.63) is 18.6 Å². The molecule has 0 amide bonds. The summed E-state index contributed by atoms with van der Waals surface area (Å²) in [6.07, 6.45) is 14.6. The predicted molar refractivity (Wildman–Crippen MR) is 52.5 cm³/mol. The van der Waals surface area contributed by atoms with Gasteiger partial charge >= 0.3 is 0 Å². The first-order valence-corrected chi connectivity index (χ1v) is 4.88. The molecule has 0 bridgehead atoms. The molecule has 0 spiro atoms. The molecule has 0 aromatic rings. The van der Waals surface area contributed by atoms with Gasteiger partial charge in [0, 0.05) is 0 Å². The van der Waals surface area contributed by atoms with E-state index in [1.165, 1.54) is 32.1 Å². The van der Waals surface area contributed by atoms with Crippen LogP contribution in [0.1, 0.15) is 52.4 Å². The van der Waals surface area contributed by atoms with E-state index in [-0.39, 0.29) is 0 Å². The predicted octanol–water partition coefficient (Wildman–Crippen LogP) is 4.13. The first kappa shape index (κ1) is 10.7. The van der Waals surface area contributed by atoms with Gasteiger partial charge in [-0.1, -0.05) is 45.3 Å². The lowest BCUT2D eigenvalue weighted by Gasteiger charge is -1.95. The van der Waals surface area contributed by atoms with E-state index >= 15 is 0 Å². The highest BCUT2D eigenvalue weighted by atomic mass is 13.9. The van der Waals surface area contributed by atoms with Crippen LogP contribution >= 0.6 is 0 Å². The molecule has 0 fully saturated rings. The van der Waals surface area contributed by atoms with Crippen molar-refractivity contribution in [3.63, 3.8) is 0 Å². The van der Waals surface area contributed by atoms with Gasteiger partial charge in [-0.05, 0) is 25.7 Å². The van der Waals surface area contributed by atoms with Crippen LogP contribution in [0.25, 0.3) is 0 Å². The summed E-state index contributed by atoms with van der Waals surface area (Å²) in [4.78, 5) is 0. The fourth-order valence-corrected chi connectivity index (χ4v) is 1.02. The van der Waals surface area contributed by atoms with E-state index in [0.29, 0.717) is 0 Å². The van der Waals surface area contributed by atoms with Crippen molar-refractivity contribution < 1.29 is 0 Å². The Labute approximate surface area is 71.7 Å². The van der Waals surface area contributed by atoms with E-state index in [2.05, 4.69) is 32.4 Å². The monoisotopic (exact) mass is 153 g/mol. The van der Waals surface area contributed by atoms with Crippen molar-refractivity contribution in [3.8, 4) is 0 Å². The van der Waals surface area contributed by atoms with E-state index in [4.69, 9.17) is 0 Å². The van der Waals surface area contributed by atoms with Crippen molar-refractivity contribution in [2.24, 2.45) is 0 Å². The molecule has 0 aromatic carbocycles. The Bertz CT molecular complexity index is 82.0. The second kappa shape index (κ2) is 9.74. The summed E-state index contributed by atoms with van der Waals surface area (Å²) in [6, 6.07) is 0. The van der Waals surface area contributed by atoms with Gasteiger partial charge in [0.05, 0.1) is 0 Å². The highest BCUT2D eigenvalue weighted by Gasteiger charge is 1.85. The van der Waals surface area contributed by atoms with Gasteiger partial charge in [0.15, 0.2) is 0 Å². The number of rotatable bonds is 7. The van der Waals surface area contributed by atoms with Crippen LogP contribution in [-0.2, 0) is 0 Å². The summed E-state index contributed by atoms with van der Waals surface area (Å²) < 4.78 is 0. The lowest BCUT2D eigenvalue weighted by molar-refractivity contribution is 0.704. The van der Waals surface area contributed by atoms with Gasteiger partial charge in [0.1, 0.15) is 0 Å². The Hall–Kier alpha value is -0.260. The minimum absolute atomic E-state index is 1.16. The van der Waals surface area contributed by atoms with Crippen LogP contribution in [0.4, 0.5) is 0 Å². The molecule has 0 aliphatic rings. The van der Waals surface area contributed by atoms with Crippen molar-refractivity contribution in [2.45, 2.75) is 52.4 Å². The molecule has 0 aliphatic carbocycles. The zero-order valence-corrected chi connectivity index (χ0v) is 7.97. The fourth-order valence-electron chi connectivity index (χ4n) is 1.02. The average Bonchev–Trinajstić information content (AvgIpc) is 2.03. The van der Waals surface area contributed by atoms with Crippen LogP contribution in [0.5, 0.6) is 0 Å². The Morgan fingerprint density at radius 2 is 1.82 bits per heavy atom. The van der Waals surface area contributed by atoms with Gasteiger partial charge in [-0.2, -0.15) is 0 Å². The fraction of sp³-hybridized carbons (Fsp3) is 0.727. The zero-order chi connectivity index (χ0) is 8.36. The van der Waals surface area contributed by atoms with Crippen molar-refractivity contribution in [1.82, 2.24) is 0 Å². The quantitative estimate of drug-likeness (QED) is 0.381. The Kier molecular flexibility index (Phi) is 9.51. The first-order valence-electron chi connectivity index (χ1n) is 4.88. The number of unbranched alkanes of at least 4 members (excludes halogenated alkanes) is 5. The Morgan fingerprint density at radius 1 is 1.00 bits per heavy atom. The second-order valence-electron chi connectivity index (χ2n) is 2.90. The van der Waals surface area contributed by atoms with Crippen LogP contribution in [0.3, 0.4) is 0 Å². The topological polar surface area (TPSA) is 0 Å². The number of allylic oxidation sites excluding steroid dienone is 2. The van der Waals surface area contributed by atoms with E-state index in [1.54, 1.807) is 0 Å². The molecule has 0 atom stereocenters. The number of hydrogen-bond donors (Lipinski definition) is 0. The summed E-state index contributed by atoms with van der Waals surface area (Å²) in [5, 5.41) is 0. The minimum atomic E-state index is 1.16. The molecule has 0 nitrogen and oxygen atoms in total. The number of hydrogen-bond acceptors (Lipinski definition) is 0. The first-order chi connectivity index (χ1) is 5.41. The molecule has 11 heavy (non-hydrogen) atoms. The molecule has 0 unspecified atom stereocenters. The third kappa shape index (κ3) is 9.74. The zero-order valence-electron chi connectivity index (χ0n) is 7.97. The summed E-state index contributed by atoms with van der Waals surface area (Å²) in [6.45, 7) is 4.42. The highest BCUT2D eigenvalue weighted by molar-refractivity contribution is 4.85. The molecular weight excluding hydrogens is 132 g/mol. The third-order valence-corrected chi connectivity index (χ3v) is 1.72. The van der Waals surface area contributed by atoms with E-state index in [1.807, 2.05) is 0 Å². The maximum Gasteiger partial charge on any atom is -0.0319 e. The molecule has 0 aliphatic heterocycles. The van der Waals surface area contributed by atoms with Crippen LogP contribution in [-0.4, -0.2) is 0 Å². The van der Waals surface area contributed by atoms with Gasteiger partial charge in [-0.25, -0.2) is 0 Å². The van der Waals surface area contributed by atoms with Crippen molar-refractivity contribution in [2.75, 3.05) is 0 Å². The lowest BCUT2D eigenvalue weighted by atomic mass is 10.1. The Morgan fingerprint density at radius 3 is 2.45 bits per heavy atom. The standard InChI is InChI=1S/C11H21/c1-3-5-7-9-11-10-8-6-4-2/h5,7,11H,3-4,6,8-10H2,1-2H3. The van der Waals surface area contributed by atoms with Gasteiger partial charge in [0.2, 0.25) is 0 Å². The van der Waals surface area contributed by atoms with Crippen LogP contribution in [0.2, 0.25) is 0 Å². The van der Waals surface area contributed by atoms with Crippen LogP contribution in [0.15, 0.2) is 12.2 Å². The maximum atomic E-state index is 2.38. The highest BCUT2D eigenvalue weighted by Crippen LogP contribution is 2.04. The summed E-state index contributed by atoms with van der Waals surface area (Å²) in [7, 11) is 0. The normalized spacial score (nSPS) is 11.1. The molecule has 0 N–H and O–H groups in total. The third-order valence-electron chi connectivity index (χ3n) is 1.72. The van der Waals surface area contributed by atoms with Gasteiger partial charge in [-0.3, -0.25) is 0 Å². The molecule has 0 saturated heterocycles. The van der Waals surface area contributed by atoms with Gasteiger partial charge in [0.25, 0.3) is 0 Å². The van der Waals surface area contributed by atoms with Crippen LogP contribution in [0, 0.1) is 6.42 Å². The second-order valence-corrected chi connectivity index (χ2v) is 2.90. The summed E-state index contributed by atoms with van der Waals surface area (Å²) >= 11 is 0. The Balaban J connectivity index is 2.85. The molecular formula is C11H21. The molecule has 0 saturated carbocycles. The summed E-state index contributed by atoms with van der Waals surface area (Å²) in [5.41, 5.74) is 0. The van der Waals surface area contributed by atoms with Crippen molar-refractivity contribution in [1.29, 1.82) is 0 Å². The minimum Gasteiger partial charge on any atom is -0.0888 e. The van der Waals surface area contributed by atoms with Crippen LogP contribution < -0.4 is 0 Å². The van der Waals surface area contributed by atoms with E-state index < -0.39 is 0 Å². The SMILES string of the molecule is CCC=CC[CH]CCCCC. The van der Waals surface area contributed by atoms with E-state index in [9.17, 15) is 0 Å². The molecule has 0 heterocycles. The largest absolute Gasteiger partial charge is 0.0888 e. The summed E-state index contributed by atoms with van der Waals surface area (Å²) in [5.74, 6) is 0. The average molecular weight is 153 g/mol. The molecule has 0 rings (SSSR count).